The van der Waals surface area contributed by atoms with E-state index < -0.39 is 0 Å². The van der Waals surface area contributed by atoms with Crippen LogP contribution in [0, 0.1) is 0 Å². The minimum atomic E-state index is 0.535. The highest BCUT2D eigenvalue weighted by Crippen LogP contribution is 2.22. The van der Waals surface area contributed by atoms with Crippen LogP contribution in [-0.2, 0) is 6.54 Å². The molecule has 0 radical (unpaired) electrons. The molecule has 0 aliphatic heterocycles. The maximum atomic E-state index is 4.17. The zero-order valence-electron chi connectivity index (χ0n) is 9.58. The third kappa shape index (κ3) is 2.69. The van der Waals surface area contributed by atoms with Crippen molar-refractivity contribution < 1.29 is 0 Å². The highest BCUT2D eigenvalue weighted by molar-refractivity contribution is 5.19. The fourth-order valence-electron chi connectivity index (χ4n) is 1.99. The van der Waals surface area contributed by atoms with Crippen LogP contribution >= 0.6 is 0 Å². The molecule has 1 aromatic carbocycles. The van der Waals surface area contributed by atoms with Crippen LogP contribution in [0.4, 0.5) is 0 Å². The second-order valence-electron chi connectivity index (χ2n) is 4.01. The Balaban J connectivity index is 2.11. The van der Waals surface area contributed by atoms with Gasteiger partial charge in [-0.3, -0.25) is 4.68 Å². The van der Waals surface area contributed by atoms with E-state index in [1.807, 2.05) is 4.68 Å². The monoisotopic (exact) mass is 215 g/mol. The van der Waals surface area contributed by atoms with E-state index in [0.717, 1.165) is 6.54 Å². The van der Waals surface area contributed by atoms with E-state index in [0.29, 0.717) is 5.92 Å². The first-order chi connectivity index (χ1) is 7.90. The van der Waals surface area contributed by atoms with Crippen molar-refractivity contribution in [3.63, 3.8) is 0 Å². The van der Waals surface area contributed by atoms with Crippen LogP contribution in [0.5, 0.6) is 0 Å². The van der Waals surface area contributed by atoms with Crippen LogP contribution < -0.4 is 0 Å². The van der Waals surface area contributed by atoms with Gasteiger partial charge in [0.15, 0.2) is 0 Å². The van der Waals surface area contributed by atoms with E-state index in [1.165, 1.54) is 18.4 Å². The minimum Gasteiger partial charge on any atom is -0.252 e. The molecule has 0 aliphatic carbocycles. The third-order valence-corrected chi connectivity index (χ3v) is 2.78. The summed E-state index contributed by atoms with van der Waals surface area (Å²) in [6, 6.07) is 10.6. The van der Waals surface area contributed by atoms with E-state index in [1.54, 1.807) is 12.7 Å². The summed E-state index contributed by atoms with van der Waals surface area (Å²) in [7, 11) is 0. The molecule has 2 rings (SSSR count). The van der Waals surface area contributed by atoms with Crippen molar-refractivity contribution in [3.8, 4) is 0 Å². The predicted molar refractivity (Wildman–Crippen MR) is 64.1 cm³/mol. The summed E-state index contributed by atoms with van der Waals surface area (Å²) >= 11 is 0. The second kappa shape index (κ2) is 5.45. The third-order valence-electron chi connectivity index (χ3n) is 2.78. The minimum absolute atomic E-state index is 0.535. The molecule has 0 fully saturated rings. The fourth-order valence-corrected chi connectivity index (χ4v) is 1.99. The smallest absolute Gasteiger partial charge is 0.137 e. The number of benzene rings is 1. The number of aromatic nitrogens is 3. The molecule has 0 aliphatic rings. The Morgan fingerprint density at radius 3 is 2.69 bits per heavy atom. The molecule has 0 amide bonds. The van der Waals surface area contributed by atoms with Gasteiger partial charge in [0.2, 0.25) is 0 Å². The number of hydrogen-bond acceptors (Lipinski definition) is 2. The maximum absolute atomic E-state index is 4.17. The Bertz CT molecular complexity index is 394. The van der Waals surface area contributed by atoms with Crippen molar-refractivity contribution >= 4 is 0 Å². The summed E-state index contributed by atoms with van der Waals surface area (Å²) in [5.41, 5.74) is 1.39. The van der Waals surface area contributed by atoms with Gasteiger partial charge < -0.3 is 0 Å². The lowest BCUT2D eigenvalue weighted by molar-refractivity contribution is 0.484. The van der Waals surface area contributed by atoms with Crippen LogP contribution in [0.1, 0.15) is 31.2 Å². The van der Waals surface area contributed by atoms with Crippen molar-refractivity contribution in [2.75, 3.05) is 0 Å². The van der Waals surface area contributed by atoms with Gasteiger partial charge in [-0.2, -0.15) is 5.10 Å². The average Bonchev–Trinajstić information content (AvgIpc) is 2.83. The highest BCUT2D eigenvalue weighted by Gasteiger charge is 2.11. The summed E-state index contributed by atoms with van der Waals surface area (Å²) in [6.07, 6.45) is 5.75. The lowest BCUT2D eigenvalue weighted by atomic mass is 9.94. The molecule has 2 aromatic rings. The zero-order valence-corrected chi connectivity index (χ0v) is 9.58. The molecule has 3 nitrogen and oxygen atoms in total. The van der Waals surface area contributed by atoms with Crippen molar-refractivity contribution in [2.45, 2.75) is 32.2 Å². The number of hydrogen-bond donors (Lipinski definition) is 0. The lowest BCUT2D eigenvalue weighted by Gasteiger charge is -2.16. The first-order valence-corrected chi connectivity index (χ1v) is 5.77. The van der Waals surface area contributed by atoms with E-state index >= 15 is 0 Å². The molecule has 0 bridgehead atoms. The maximum Gasteiger partial charge on any atom is 0.137 e. The molecular formula is C13H17N3. The van der Waals surface area contributed by atoms with Crippen LogP contribution in [0.25, 0.3) is 0 Å². The second-order valence-corrected chi connectivity index (χ2v) is 4.01. The van der Waals surface area contributed by atoms with Crippen molar-refractivity contribution in [1.82, 2.24) is 14.8 Å². The van der Waals surface area contributed by atoms with Gasteiger partial charge in [-0.05, 0) is 12.0 Å². The van der Waals surface area contributed by atoms with Gasteiger partial charge in [0, 0.05) is 12.5 Å². The Labute approximate surface area is 96.1 Å². The molecule has 16 heavy (non-hydrogen) atoms. The zero-order chi connectivity index (χ0) is 11.2. The quantitative estimate of drug-likeness (QED) is 0.767. The van der Waals surface area contributed by atoms with Crippen molar-refractivity contribution in [3.05, 3.63) is 48.5 Å². The molecule has 0 saturated carbocycles. The molecule has 3 heteroatoms. The summed E-state index contributed by atoms with van der Waals surface area (Å²) < 4.78 is 1.91. The number of nitrogens with zero attached hydrogens (tertiary/aromatic N) is 3. The fraction of sp³-hybridized carbons (Fsp3) is 0.385. The normalized spacial score (nSPS) is 12.6. The average molecular weight is 215 g/mol. The van der Waals surface area contributed by atoms with Gasteiger partial charge in [0.05, 0.1) is 0 Å². The Kier molecular flexibility index (Phi) is 3.70. The molecule has 1 aromatic heterocycles. The lowest BCUT2D eigenvalue weighted by Crippen LogP contribution is -2.09. The first kappa shape index (κ1) is 10.9. The molecule has 1 atom stereocenters. The molecule has 1 unspecified atom stereocenters. The van der Waals surface area contributed by atoms with E-state index in [4.69, 9.17) is 0 Å². The van der Waals surface area contributed by atoms with Gasteiger partial charge in [0.1, 0.15) is 12.7 Å². The van der Waals surface area contributed by atoms with Crippen LogP contribution in [0.2, 0.25) is 0 Å². The summed E-state index contributed by atoms with van der Waals surface area (Å²) in [5, 5.41) is 4.17. The van der Waals surface area contributed by atoms with Crippen LogP contribution in [0.15, 0.2) is 43.0 Å². The topological polar surface area (TPSA) is 30.7 Å². The molecule has 1 heterocycles. The van der Waals surface area contributed by atoms with Gasteiger partial charge in [-0.25, -0.2) is 4.98 Å². The molecule has 0 saturated heterocycles. The molecule has 84 valence electrons. The highest BCUT2D eigenvalue weighted by atomic mass is 15.3. The van der Waals surface area contributed by atoms with Crippen LogP contribution in [-0.4, -0.2) is 14.8 Å². The van der Waals surface area contributed by atoms with Gasteiger partial charge >= 0.3 is 0 Å². The predicted octanol–water partition coefficient (Wildman–Crippen LogP) is 2.86. The summed E-state index contributed by atoms with van der Waals surface area (Å²) in [4.78, 5) is 3.98. The Hall–Kier alpha value is -1.64. The van der Waals surface area contributed by atoms with E-state index in [2.05, 4.69) is 47.3 Å². The summed E-state index contributed by atoms with van der Waals surface area (Å²) in [6.45, 7) is 3.13. The largest absolute Gasteiger partial charge is 0.252 e. The summed E-state index contributed by atoms with van der Waals surface area (Å²) in [5.74, 6) is 0.535. The van der Waals surface area contributed by atoms with E-state index in [-0.39, 0.29) is 0 Å². The number of rotatable bonds is 5. The Morgan fingerprint density at radius 2 is 2.06 bits per heavy atom. The standard InChI is InChI=1S/C13H17N3/c1-2-6-13(9-16-11-14-10-15-16)12-7-4-3-5-8-12/h3-5,7-8,10-11,13H,2,6,9H2,1H3. The molecular weight excluding hydrogens is 198 g/mol. The Morgan fingerprint density at radius 1 is 1.25 bits per heavy atom. The van der Waals surface area contributed by atoms with Crippen molar-refractivity contribution in [2.24, 2.45) is 0 Å². The molecule has 0 N–H and O–H groups in total. The van der Waals surface area contributed by atoms with Gasteiger partial charge in [-0.15, -0.1) is 0 Å². The molecule has 0 spiro atoms. The SMILES string of the molecule is CCCC(Cn1cncn1)c1ccccc1. The van der Waals surface area contributed by atoms with Crippen LogP contribution in [0.3, 0.4) is 0 Å². The van der Waals surface area contributed by atoms with Gasteiger partial charge in [-0.1, -0.05) is 43.7 Å². The van der Waals surface area contributed by atoms with Crippen molar-refractivity contribution in [1.29, 1.82) is 0 Å². The van der Waals surface area contributed by atoms with Gasteiger partial charge in [0.25, 0.3) is 0 Å². The van der Waals surface area contributed by atoms with E-state index in [9.17, 15) is 0 Å². The first-order valence-electron chi connectivity index (χ1n) is 5.77.